The van der Waals surface area contributed by atoms with Crippen LogP contribution < -0.4 is 5.32 Å². The molecule has 1 aromatic rings. The van der Waals surface area contributed by atoms with Crippen molar-refractivity contribution in [3.63, 3.8) is 0 Å². The minimum Gasteiger partial charge on any atom is -0.387 e. The van der Waals surface area contributed by atoms with Gasteiger partial charge in [0.05, 0.1) is 11.8 Å². The van der Waals surface area contributed by atoms with Crippen LogP contribution in [0.5, 0.6) is 0 Å². The van der Waals surface area contributed by atoms with Crippen molar-refractivity contribution >= 4 is 32.2 Å². The SMILES string of the molecule is CC(O)c1csc(NC(=O)C(C)S(C)(=O)=O)n1. The molecule has 2 N–H and O–H groups in total. The number of aromatic nitrogens is 1. The molecule has 6 nitrogen and oxygen atoms in total. The summed E-state index contributed by atoms with van der Waals surface area (Å²) in [7, 11) is -3.42. The lowest BCUT2D eigenvalue weighted by Gasteiger charge is -2.07. The van der Waals surface area contributed by atoms with Crippen LogP contribution in [0.4, 0.5) is 5.13 Å². The number of carbonyl (C=O) groups is 1. The Morgan fingerprint density at radius 1 is 1.53 bits per heavy atom. The van der Waals surface area contributed by atoms with Crippen molar-refractivity contribution in [1.82, 2.24) is 4.98 Å². The fraction of sp³-hybridized carbons (Fsp3) is 0.556. The number of thiazole rings is 1. The summed E-state index contributed by atoms with van der Waals surface area (Å²) in [5.41, 5.74) is 0.442. The first-order valence-electron chi connectivity index (χ1n) is 4.85. The van der Waals surface area contributed by atoms with Crippen LogP contribution in [0.15, 0.2) is 5.38 Å². The molecule has 0 aromatic carbocycles. The van der Waals surface area contributed by atoms with Crippen molar-refractivity contribution in [2.24, 2.45) is 0 Å². The molecule has 1 heterocycles. The first-order valence-corrected chi connectivity index (χ1v) is 7.68. The molecule has 2 atom stereocenters. The Hall–Kier alpha value is -0.990. The van der Waals surface area contributed by atoms with Crippen molar-refractivity contribution in [1.29, 1.82) is 0 Å². The van der Waals surface area contributed by atoms with Gasteiger partial charge in [-0.3, -0.25) is 4.79 Å². The summed E-state index contributed by atoms with van der Waals surface area (Å²) in [6.45, 7) is 2.87. The molecule has 0 aliphatic carbocycles. The van der Waals surface area contributed by atoms with Crippen molar-refractivity contribution in [2.75, 3.05) is 11.6 Å². The number of amides is 1. The van der Waals surface area contributed by atoms with Gasteiger partial charge in [-0.1, -0.05) is 0 Å². The van der Waals surface area contributed by atoms with E-state index in [0.29, 0.717) is 5.69 Å². The Kier molecular flexibility index (Phi) is 4.23. The largest absolute Gasteiger partial charge is 0.387 e. The number of hydrogen-bond donors (Lipinski definition) is 2. The van der Waals surface area contributed by atoms with Crippen LogP contribution in [0.3, 0.4) is 0 Å². The number of hydrogen-bond acceptors (Lipinski definition) is 6. The number of nitrogens with one attached hydrogen (secondary N) is 1. The molecule has 0 aliphatic rings. The molecule has 0 radical (unpaired) electrons. The van der Waals surface area contributed by atoms with Gasteiger partial charge in [0.25, 0.3) is 0 Å². The third kappa shape index (κ3) is 3.76. The molecule has 8 heteroatoms. The van der Waals surface area contributed by atoms with E-state index >= 15 is 0 Å². The van der Waals surface area contributed by atoms with Crippen LogP contribution in [-0.4, -0.2) is 35.9 Å². The fourth-order valence-corrected chi connectivity index (χ4v) is 2.18. The van der Waals surface area contributed by atoms with Gasteiger partial charge in [-0.2, -0.15) is 0 Å². The fourth-order valence-electron chi connectivity index (χ4n) is 0.937. The van der Waals surface area contributed by atoms with E-state index in [1.54, 1.807) is 12.3 Å². The van der Waals surface area contributed by atoms with E-state index in [-0.39, 0.29) is 5.13 Å². The van der Waals surface area contributed by atoms with Crippen molar-refractivity contribution < 1.29 is 18.3 Å². The van der Waals surface area contributed by atoms with Crippen molar-refractivity contribution in [3.8, 4) is 0 Å². The van der Waals surface area contributed by atoms with Gasteiger partial charge in [0, 0.05) is 11.6 Å². The summed E-state index contributed by atoms with van der Waals surface area (Å²) >= 11 is 1.14. The van der Waals surface area contributed by atoms with E-state index in [1.165, 1.54) is 6.92 Å². The maximum atomic E-state index is 11.6. The minimum atomic E-state index is -3.42. The van der Waals surface area contributed by atoms with Gasteiger partial charge in [0.15, 0.2) is 15.0 Å². The predicted octanol–water partition coefficient (Wildman–Crippen LogP) is 0.568. The summed E-state index contributed by atoms with van der Waals surface area (Å²) in [6, 6.07) is 0. The number of aliphatic hydroxyl groups excluding tert-OH is 1. The second kappa shape index (κ2) is 5.11. The highest BCUT2D eigenvalue weighted by molar-refractivity contribution is 7.92. The number of rotatable bonds is 4. The molecule has 0 saturated carbocycles. The number of anilines is 1. The van der Waals surface area contributed by atoms with Crippen LogP contribution >= 0.6 is 11.3 Å². The van der Waals surface area contributed by atoms with E-state index in [1.807, 2.05) is 0 Å². The van der Waals surface area contributed by atoms with Crippen LogP contribution in [0.2, 0.25) is 0 Å². The van der Waals surface area contributed by atoms with Gasteiger partial charge < -0.3 is 10.4 Å². The Bertz CT molecular complexity index is 507. The minimum absolute atomic E-state index is 0.279. The summed E-state index contributed by atoms with van der Waals surface area (Å²) < 4.78 is 22.3. The molecule has 2 unspecified atom stereocenters. The summed E-state index contributed by atoms with van der Waals surface area (Å²) in [6.07, 6.45) is 0.282. The highest BCUT2D eigenvalue weighted by Gasteiger charge is 2.24. The molecule has 1 aromatic heterocycles. The van der Waals surface area contributed by atoms with Gasteiger partial charge in [-0.25, -0.2) is 13.4 Å². The van der Waals surface area contributed by atoms with Crippen molar-refractivity contribution in [2.45, 2.75) is 25.2 Å². The molecule has 1 rings (SSSR count). The molecule has 0 bridgehead atoms. The Balaban J connectivity index is 2.75. The molecular formula is C9H14N2O4S2. The highest BCUT2D eigenvalue weighted by atomic mass is 32.2. The number of aliphatic hydroxyl groups is 1. The van der Waals surface area contributed by atoms with Crippen LogP contribution in [0.1, 0.15) is 25.6 Å². The Morgan fingerprint density at radius 2 is 2.12 bits per heavy atom. The second-order valence-corrected chi connectivity index (χ2v) is 6.94. The van der Waals surface area contributed by atoms with Gasteiger partial charge >= 0.3 is 0 Å². The number of nitrogens with zero attached hydrogens (tertiary/aromatic N) is 1. The van der Waals surface area contributed by atoms with Gasteiger partial charge in [-0.15, -0.1) is 11.3 Å². The first kappa shape index (κ1) is 14.1. The molecule has 0 spiro atoms. The topological polar surface area (TPSA) is 96.4 Å². The zero-order chi connectivity index (χ0) is 13.2. The molecule has 17 heavy (non-hydrogen) atoms. The van der Waals surface area contributed by atoms with Gasteiger partial charge in [0.2, 0.25) is 5.91 Å². The monoisotopic (exact) mass is 278 g/mol. The number of carbonyl (C=O) groups excluding carboxylic acids is 1. The Morgan fingerprint density at radius 3 is 2.53 bits per heavy atom. The average Bonchev–Trinajstić information content (AvgIpc) is 2.63. The predicted molar refractivity (Wildman–Crippen MR) is 65.7 cm³/mol. The smallest absolute Gasteiger partial charge is 0.244 e. The van der Waals surface area contributed by atoms with E-state index in [4.69, 9.17) is 0 Å². The van der Waals surface area contributed by atoms with E-state index in [9.17, 15) is 18.3 Å². The lowest BCUT2D eigenvalue weighted by Crippen LogP contribution is -2.31. The lowest BCUT2D eigenvalue weighted by atomic mass is 10.3. The molecule has 1 amide bonds. The normalized spacial score (nSPS) is 15.3. The van der Waals surface area contributed by atoms with Crippen molar-refractivity contribution in [3.05, 3.63) is 11.1 Å². The molecule has 96 valence electrons. The highest BCUT2D eigenvalue weighted by Crippen LogP contribution is 2.20. The van der Waals surface area contributed by atoms with Gasteiger partial charge in [0.1, 0.15) is 5.25 Å². The molecular weight excluding hydrogens is 264 g/mol. The molecule has 0 saturated heterocycles. The van der Waals surface area contributed by atoms with Crippen LogP contribution in [-0.2, 0) is 14.6 Å². The van der Waals surface area contributed by atoms with E-state index in [2.05, 4.69) is 10.3 Å². The number of sulfone groups is 1. The van der Waals surface area contributed by atoms with E-state index < -0.39 is 27.1 Å². The third-order valence-corrected chi connectivity index (χ3v) is 4.47. The zero-order valence-corrected chi connectivity index (χ0v) is 11.3. The average molecular weight is 278 g/mol. The van der Waals surface area contributed by atoms with Gasteiger partial charge in [-0.05, 0) is 13.8 Å². The summed E-state index contributed by atoms with van der Waals surface area (Å²) in [5.74, 6) is -0.626. The van der Waals surface area contributed by atoms with E-state index in [0.717, 1.165) is 17.6 Å². The van der Waals surface area contributed by atoms with Crippen LogP contribution in [0, 0.1) is 0 Å². The first-order chi connectivity index (χ1) is 7.71. The Labute approximate surface area is 104 Å². The summed E-state index contributed by atoms with van der Waals surface area (Å²) in [5, 5.41) is 12.4. The second-order valence-electron chi connectivity index (χ2n) is 3.71. The maximum absolute atomic E-state index is 11.6. The molecule has 0 fully saturated rings. The molecule has 0 aliphatic heterocycles. The third-order valence-electron chi connectivity index (χ3n) is 2.19. The lowest BCUT2D eigenvalue weighted by molar-refractivity contribution is -0.115. The zero-order valence-electron chi connectivity index (χ0n) is 9.67. The summed E-state index contributed by atoms with van der Waals surface area (Å²) in [4.78, 5) is 15.5. The van der Waals surface area contributed by atoms with Crippen LogP contribution in [0.25, 0.3) is 0 Å². The maximum Gasteiger partial charge on any atom is 0.244 e. The quantitative estimate of drug-likeness (QED) is 0.839. The standard InChI is InChI=1S/C9H14N2O4S2/c1-5(12)7-4-16-9(10-7)11-8(13)6(2)17(3,14)15/h4-6,12H,1-3H3,(H,10,11,13).